The van der Waals surface area contributed by atoms with Crippen molar-refractivity contribution in [1.29, 1.82) is 0 Å². The molecule has 6 nitrogen and oxygen atoms in total. The lowest BCUT2D eigenvalue weighted by Gasteiger charge is -2.36. The van der Waals surface area contributed by atoms with Crippen LogP contribution in [-0.4, -0.2) is 63.4 Å². The summed E-state index contributed by atoms with van der Waals surface area (Å²) in [5.74, 6) is 1.48. The van der Waals surface area contributed by atoms with E-state index in [-0.39, 0.29) is 0 Å². The van der Waals surface area contributed by atoms with E-state index in [1.807, 2.05) is 20.8 Å². The summed E-state index contributed by atoms with van der Waals surface area (Å²) < 4.78 is 5.11. The maximum atomic E-state index is 9.81. The van der Waals surface area contributed by atoms with Crippen molar-refractivity contribution in [3.8, 4) is 0 Å². The summed E-state index contributed by atoms with van der Waals surface area (Å²) in [5.41, 5.74) is -0.619. The maximum absolute atomic E-state index is 9.81. The van der Waals surface area contributed by atoms with Crippen LogP contribution in [0.25, 0.3) is 0 Å². The quantitative estimate of drug-likeness (QED) is 0.840. The molecule has 0 saturated carbocycles. The Morgan fingerprint density at radius 3 is 2.37 bits per heavy atom. The minimum Gasteiger partial charge on any atom is -0.389 e. The monoisotopic (exact) mass is 268 g/mol. The van der Waals surface area contributed by atoms with Crippen molar-refractivity contribution in [2.75, 3.05) is 32.7 Å². The van der Waals surface area contributed by atoms with Crippen LogP contribution in [0.15, 0.2) is 4.52 Å². The van der Waals surface area contributed by atoms with Crippen molar-refractivity contribution < 1.29 is 9.63 Å². The summed E-state index contributed by atoms with van der Waals surface area (Å²) in [6, 6.07) is 0. The molecule has 0 atom stereocenters. The van der Waals surface area contributed by atoms with Crippen molar-refractivity contribution in [3.63, 3.8) is 0 Å². The highest BCUT2D eigenvalue weighted by Crippen LogP contribution is 2.10. The molecule has 0 aromatic carbocycles. The molecule has 0 unspecified atom stereocenters. The van der Waals surface area contributed by atoms with E-state index >= 15 is 0 Å². The summed E-state index contributed by atoms with van der Waals surface area (Å²) >= 11 is 0. The van der Waals surface area contributed by atoms with Gasteiger partial charge in [-0.1, -0.05) is 12.1 Å². The number of nitrogens with zero attached hydrogens (tertiary/aromatic N) is 4. The van der Waals surface area contributed by atoms with Crippen LogP contribution in [0.5, 0.6) is 0 Å². The number of β-amino-alcohol motifs (C(OH)–C–C–N with tert-alkyl or cyclic N) is 1. The Bertz CT molecular complexity index is 392. The lowest BCUT2D eigenvalue weighted by atomic mass is 10.1. The first-order valence-corrected chi connectivity index (χ1v) is 6.95. The molecule has 1 aliphatic rings. The lowest BCUT2D eigenvalue weighted by Crippen LogP contribution is -2.50. The number of hydrogen-bond donors (Lipinski definition) is 1. The molecule has 0 bridgehead atoms. The van der Waals surface area contributed by atoms with Gasteiger partial charge >= 0.3 is 0 Å². The molecule has 1 aromatic rings. The second-order valence-corrected chi connectivity index (χ2v) is 5.82. The van der Waals surface area contributed by atoms with Crippen LogP contribution in [-0.2, 0) is 13.0 Å². The molecule has 0 aliphatic carbocycles. The Labute approximate surface area is 114 Å². The van der Waals surface area contributed by atoms with Crippen LogP contribution in [0.3, 0.4) is 0 Å². The molecule has 0 spiro atoms. The summed E-state index contributed by atoms with van der Waals surface area (Å²) in [6.45, 7) is 11.1. The third kappa shape index (κ3) is 4.56. The zero-order valence-corrected chi connectivity index (χ0v) is 12.1. The Morgan fingerprint density at radius 2 is 1.84 bits per heavy atom. The van der Waals surface area contributed by atoms with Gasteiger partial charge in [-0.25, -0.2) is 0 Å². The van der Waals surface area contributed by atoms with E-state index in [4.69, 9.17) is 4.52 Å². The Balaban J connectivity index is 1.77. The fraction of sp³-hybridized carbons (Fsp3) is 0.846. The molecule has 1 saturated heterocycles. The van der Waals surface area contributed by atoms with E-state index < -0.39 is 5.60 Å². The van der Waals surface area contributed by atoms with E-state index in [9.17, 15) is 5.11 Å². The zero-order chi connectivity index (χ0) is 13.9. The smallest absolute Gasteiger partial charge is 0.226 e. The van der Waals surface area contributed by atoms with Gasteiger partial charge in [0, 0.05) is 39.1 Å². The highest BCUT2D eigenvalue weighted by Gasteiger charge is 2.23. The Hall–Kier alpha value is -0.980. The van der Waals surface area contributed by atoms with Crippen molar-refractivity contribution in [1.82, 2.24) is 19.9 Å². The van der Waals surface area contributed by atoms with Gasteiger partial charge in [0.05, 0.1) is 12.1 Å². The van der Waals surface area contributed by atoms with Crippen LogP contribution < -0.4 is 0 Å². The van der Waals surface area contributed by atoms with Crippen molar-refractivity contribution in [2.45, 2.75) is 39.3 Å². The number of hydrogen-bond acceptors (Lipinski definition) is 6. The second-order valence-electron chi connectivity index (χ2n) is 5.82. The van der Waals surface area contributed by atoms with E-state index in [1.165, 1.54) is 0 Å². The van der Waals surface area contributed by atoms with Gasteiger partial charge in [0.25, 0.3) is 0 Å². The molecule has 108 valence electrons. The summed E-state index contributed by atoms with van der Waals surface area (Å²) in [5, 5.41) is 13.8. The van der Waals surface area contributed by atoms with Crippen LogP contribution >= 0.6 is 0 Å². The zero-order valence-electron chi connectivity index (χ0n) is 12.1. The Morgan fingerprint density at radius 1 is 1.21 bits per heavy atom. The molecule has 1 N–H and O–H groups in total. The number of aryl methyl sites for hydroxylation is 1. The van der Waals surface area contributed by atoms with Gasteiger partial charge in [-0.15, -0.1) is 0 Å². The first-order valence-electron chi connectivity index (χ1n) is 6.95. The number of rotatable bonds is 5. The van der Waals surface area contributed by atoms with Gasteiger partial charge in [0.15, 0.2) is 5.82 Å². The molecule has 2 heterocycles. The first-order chi connectivity index (χ1) is 8.96. The number of aliphatic hydroxyl groups is 1. The van der Waals surface area contributed by atoms with Crippen LogP contribution in [0.2, 0.25) is 0 Å². The van der Waals surface area contributed by atoms with Gasteiger partial charge in [-0.3, -0.25) is 9.80 Å². The normalized spacial score (nSPS) is 18.9. The second kappa shape index (κ2) is 5.98. The average Bonchev–Trinajstić information content (AvgIpc) is 2.77. The van der Waals surface area contributed by atoms with Gasteiger partial charge in [-0.05, 0) is 13.8 Å². The van der Waals surface area contributed by atoms with E-state index in [2.05, 4.69) is 19.9 Å². The van der Waals surface area contributed by atoms with Gasteiger partial charge in [0.1, 0.15) is 0 Å². The third-order valence-electron chi connectivity index (χ3n) is 3.25. The first kappa shape index (κ1) is 14.4. The minimum atomic E-state index is -0.619. The van der Waals surface area contributed by atoms with Crippen molar-refractivity contribution in [2.24, 2.45) is 0 Å². The summed E-state index contributed by atoms with van der Waals surface area (Å²) in [6.07, 6.45) is 0.784. The maximum Gasteiger partial charge on any atom is 0.226 e. The van der Waals surface area contributed by atoms with Gasteiger partial charge in [-0.2, -0.15) is 4.98 Å². The van der Waals surface area contributed by atoms with E-state index in [0.29, 0.717) is 5.89 Å². The number of piperazine rings is 1. The van der Waals surface area contributed by atoms with E-state index in [0.717, 1.165) is 51.5 Å². The molecule has 0 amide bonds. The predicted octanol–water partition coefficient (Wildman–Crippen LogP) is 0.520. The average molecular weight is 268 g/mol. The lowest BCUT2D eigenvalue weighted by molar-refractivity contribution is 0.0162. The van der Waals surface area contributed by atoms with E-state index in [1.54, 1.807) is 0 Å². The molecule has 1 aromatic heterocycles. The van der Waals surface area contributed by atoms with Crippen LogP contribution in [0, 0.1) is 0 Å². The molecular weight excluding hydrogens is 244 g/mol. The topological polar surface area (TPSA) is 65.6 Å². The molecule has 6 heteroatoms. The minimum absolute atomic E-state index is 0.619. The summed E-state index contributed by atoms with van der Waals surface area (Å²) in [7, 11) is 0. The van der Waals surface area contributed by atoms with Gasteiger partial charge < -0.3 is 9.63 Å². The number of aromatic nitrogens is 2. The Kier molecular flexibility index (Phi) is 4.54. The highest BCUT2D eigenvalue weighted by atomic mass is 16.5. The molecular formula is C13H24N4O2. The standard InChI is InChI=1S/C13H24N4O2/c1-4-12-14-11(15-19-12)9-16-5-7-17(8-6-16)10-13(2,3)18/h18H,4-10H2,1-3H3. The third-order valence-corrected chi connectivity index (χ3v) is 3.25. The fourth-order valence-electron chi connectivity index (χ4n) is 2.35. The van der Waals surface area contributed by atoms with Crippen LogP contribution in [0.4, 0.5) is 0 Å². The SMILES string of the molecule is CCc1nc(CN2CCN(CC(C)(C)O)CC2)no1. The van der Waals surface area contributed by atoms with Crippen LogP contribution in [0.1, 0.15) is 32.5 Å². The van der Waals surface area contributed by atoms with Gasteiger partial charge in [0.2, 0.25) is 5.89 Å². The highest BCUT2D eigenvalue weighted by molar-refractivity contribution is 4.87. The fourth-order valence-corrected chi connectivity index (χ4v) is 2.35. The molecule has 19 heavy (non-hydrogen) atoms. The van der Waals surface area contributed by atoms with Crippen molar-refractivity contribution >= 4 is 0 Å². The molecule has 0 radical (unpaired) electrons. The summed E-state index contributed by atoms with van der Waals surface area (Å²) in [4.78, 5) is 8.95. The molecule has 1 fully saturated rings. The molecule has 2 rings (SSSR count). The van der Waals surface area contributed by atoms with Crippen molar-refractivity contribution in [3.05, 3.63) is 11.7 Å². The largest absolute Gasteiger partial charge is 0.389 e. The molecule has 1 aliphatic heterocycles. The predicted molar refractivity (Wildman–Crippen MR) is 71.7 cm³/mol.